The molecule has 0 aliphatic carbocycles. The molecule has 0 aliphatic rings. The maximum Gasteiger partial charge on any atom is 0.232 e. The zero-order chi connectivity index (χ0) is 22.7. The van der Waals surface area contributed by atoms with Gasteiger partial charge in [-0.1, -0.05) is 18.2 Å². The summed E-state index contributed by atoms with van der Waals surface area (Å²) in [6, 6.07) is 17.0. The largest absolute Gasteiger partial charge is 0.494 e. The van der Waals surface area contributed by atoms with Gasteiger partial charge in [0.25, 0.3) is 0 Å². The number of ether oxygens (including phenoxy) is 1. The van der Waals surface area contributed by atoms with E-state index in [-0.39, 0.29) is 18.9 Å². The van der Waals surface area contributed by atoms with Crippen molar-refractivity contribution in [2.75, 3.05) is 48.7 Å². The standard InChI is InChI=1S/C23H33N3O4S/c1-4-30-22-15-13-21(14-16-22)26(31(3,28)29)19-8-12-23(27)24-17-9-18-25(2)20-10-6-5-7-11-20/h5-7,10-11,13-16H,4,8-9,12,17-19H2,1-3H3,(H,24,27). The second kappa shape index (κ2) is 12.2. The molecule has 0 atom stereocenters. The Morgan fingerprint density at radius 2 is 1.65 bits per heavy atom. The number of hydrogen-bond acceptors (Lipinski definition) is 5. The molecule has 0 aliphatic heterocycles. The van der Waals surface area contributed by atoms with Crippen LogP contribution in [0.15, 0.2) is 54.6 Å². The van der Waals surface area contributed by atoms with E-state index in [1.165, 1.54) is 10.6 Å². The van der Waals surface area contributed by atoms with E-state index in [0.29, 0.717) is 31.0 Å². The van der Waals surface area contributed by atoms with Crippen LogP contribution in [0, 0.1) is 0 Å². The number of nitrogens with zero attached hydrogens (tertiary/aromatic N) is 2. The van der Waals surface area contributed by atoms with E-state index in [2.05, 4.69) is 22.3 Å². The molecule has 2 aromatic carbocycles. The number of nitrogens with one attached hydrogen (secondary N) is 1. The quantitative estimate of drug-likeness (QED) is 0.477. The van der Waals surface area contributed by atoms with E-state index < -0.39 is 10.0 Å². The molecule has 7 nitrogen and oxygen atoms in total. The first kappa shape index (κ1) is 24.5. The molecule has 31 heavy (non-hydrogen) atoms. The van der Waals surface area contributed by atoms with Crippen molar-refractivity contribution in [1.29, 1.82) is 0 Å². The zero-order valence-electron chi connectivity index (χ0n) is 18.6. The molecule has 8 heteroatoms. The Kier molecular flexibility index (Phi) is 9.65. The number of carbonyl (C=O) groups excluding carboxylic acids is 1. The summed E-state index contributed by atoms with van der Waals surface area (Å²) < 4.78 is 31.1. The van der Waals surface area contributed by atoms with Crippen molar-refractivity contribution in [1.82, 2.24) is 5.32 Å². The van der Waals surface area contributed by atoms with E-state index in [1.807, 2.05) is 32.2 Å². The van der Waals surface area contributed by atoms with Crippen LogP contribution in [-0.4, -0.2) is 53.9 Å². The van der Waals surface area contributed by atoms with Gasteiger partial charge in [-0.05, 0) is 56.2 Å². The third-order valence-corrected chi connectivity index (χ3v) is 5.98. The number of carbonyl (C=O) groups is 1. The van der Waals surface area contributed by atoms with E-state index in [1.54, 1.807) is 24.3 Å². The average Bonchev–Trinajstić information content (AvgIpc) is 2.75. The van der Waals surface area contributed by atoms with Gasteiger partial charge in [-0.15, -0.1) is 0 Å². The number of anilines is 2. The SMILES string of the molecule is CCOc1ccc(N(CCCC(=O)NCCCN(C)c2ccccc2)S(C)(=O)=O)cc1. The maximum atomic E-state index is 12.2. The molecule has 0 spiro atoms. The number of benzene rings is 2. The number of amides is 1. The molecule has 0 heterocycles. The molecule has 0 saturated carbocycles. The molecule has 0 bridgehead atoms. The van der Waals surface area contributed by atoms with Crippen molar-refractivity contribution in [3.8, 4) is 5.75 Å². The van der Waals surface area contributed by atoms with Crippen LogP contribution in [0.1, 0.15) is 26.2 Å². The molecule has 0 radical (unpaired) electrons. The summed E-state index contributed by atoms with van der Waals surface area (Å²) in [6.45, 7) is 4.11. The molecule has 1 N–H and O–H groups in total. The summed E-state index contributed by atoms with van der Waals surface area (Å²) in [7, 11) is -1.42. The first-order valence-corrected chi connectivity index (χ1v) is 12.4. The van der Waals surface area contributed by atoms with Crippen molar-refractivity contribution < 1.29 is 17.9 Å². The maximum absolute atomic E-state index is 12.2. The number of hydrogen-bond donors (Lipinski definition) is 1. The van der Waals surface area contributed by atoms with Crippen molar-refractivity contribution in [2.24, 2.45) is 0 Å². The molecule has 0 saturated heterocycles. The van der Waals surface area contributed by atoms with Crippen molar-refractivity contribution in [3.63, 3.8) is 0 Å². The number of rotatable bonds is 13. The van der Waals surface area contributed by atoms with Crippen molar-refractivity contribution in [2.45, 2.75) is 26.2 Å². The van der Waals surface area contributed by atoms with Gasteiger partial charge >= 0.3 is 0 Å². The Morgan fingerprint density at radius 1 is 0.968 bits per heavy atom. The lowest BCUT2D eigenvalue weighted by Crippen LogP contribution is -2.32. The van der Waals surface area contributed by atoms with Crippen LogP contribution in [0.4, 0.5) is 11.4 Å². The third-order valence-electron chi connectivity index (χ3n) is 4.79. The fraction of sp³-hybridized carbons (Fsp3) is 0.435. The van der Waals surface area contributed by atoms with Crippen LogP contribution in [0.2, 0.25) is 0 Å². The van der Waals surface area contributed by atoms with Gasteiger partial charge in [-0.3, -0.25) is 9.10 Å². The predicted molar refractivity (Wildman–Crippen MR) is 126 cm³/mol. The first-order chi connectivity index (χ1) is 14.8. The summed E-state index contributed by atoms with van der Waals surface area (Å²) in [4.78, 5) is 14.3. The van der Waals surface area contributed by atoms with Gasteiger partial charge in [-0.25, -0.2) is 8.42 Å². The van der Waals surface area contributed by atoms with Gasteiger partial charge in [0.15, 0.2) is 0 Å². The lowest BCUT2D eigenvalue weighted by atomic mass is 10.2. The monoisotopic (exact) mass is 447 g/mol. The highest BCUT2D eigenvalue weighted by Gasteiger charge is 2.17. The summed E-state index contributed by atoms with van der Waals surface area (Å²) in [5.41, 5.74) is 1.71. The highest BCUT2D eigenvalue weighted by Crippen LogP contribution is 2.22. The van der Waals surface area contributed by atoms with Gasteiger partial charge in [0.1, 0.15) is 5.75 Å². The molecular weight excluding hydrogens is 414 g/mol. The first-order valence-electron chi connectivity index (χ1n) is 10.5. The molecular formula is C23H33N3O4S. The highest BCUT2D eigenvalue weighted by atomic mass is 32.2. The fourth-order valence-corrected chi connectivity index (χ4v) is 4.15. The predicted octanol–water partition coefficient (Wildman–Crippen LogP) is 3.27. The van der Waals surface area contributed by atoms with E-state index >= 15 is 0 Å². The van der Waals surface area contributed by atoms with Gasteiger partial charge in [0.2, 0.25) is 15.9 Å². The Balaban J connectivity index is 1.74. The van der Waals surface area contributed by atoms with Crippen LogP contribution in [0.25, 0.3) is 0 Å². The van der Waals surface area contributed by atoms with Crippen LogP contribution in [0.5, 0.6) is 5.75 Å². The summed E-state index contributed by atoms with van der Waals surface area (Å²) in [6.07, 6.45) is 2.72. The fourth-order valence-electron chi connectivity index (χ4n) is 3.19. The van der Waals surface area contributed by atoms with Crippen molar-refractivity contribution in [3.05, 3.63) is 54.6 Å². The second-order valence-electron chi connectivity index (χ2n) is 7.33. The van der Waals surface area contributed by atoms with Gasteiger partial charge in [-0.2, -0.15) is 0 Å². The molecule has 0 unspecified atom stereocenters. The van der Waals surface area contributed by atoms with Crippen LogP contribution >= 0.6 is 0 Å². The Morgan fingerprint density at radius 3 is 2.26 bits per heavy atom. The minimum Gasteiger partial charge on any atom is -0.494 e. The van der Waals surface area contributed by atoms with Crippen LogP contribution < -0.4 is 19.3 Å². The third kappa shape index (κ3) is 8.49. The van der Waals surface area contributed by atoms with E-state index in [0.717, 1.165) is 18.7 Å². The highest BCUT2D eigenvalue weighted by molar-refractivity contribution is 7.92. The molecule has 2 rings (SSSR count). The minimum atomic E-state index is -3.44. The van der Waals surface area contributed by atoms with E-state index in [9.17, 15) is 13.2 Å². The van der Waals surface area contributed by atoms with E-state index in [4.69, 9.17) is 4.74 Å². The van der Waals surface area contributed by atoms with Crippen LogP contribution in [-0.2, 0) is 14.8 Å². The lowest BCUT2D eigenvalue weighted by Gasteiger charge is -2.22. The summed E-state index contributed by atoms with van der Waals surface area (Å²) in [5.74, 6) is 0.625. The van der Waals surface area contributed by atoms with Crippen molar-refractivity contribution >= 4 is 27.3 Å². The molecule has 2 aromatic rings. The lowest BCUT2D eigenvalue weighted by molar-refractivity contribution is -0.121. The van der Waals surface area contributed by atoms with Gasteiger partial charge < -0.3 is 15.0 Å². The summed E-state index contributed by atoms with van der Waals surface area (Å²) >= 11 is 0. The smallest absolute Gasteiger partial charge is 0.232 e. The van der Waals surface area contributed by atoms with Gasteiger partial charge in [0.05, 0.1) is 18.6 Å². The minimum absolute atomic E-state index is 0.0671. The Labute approximate surface area is 186 Å². The Hall–Kier alpha value is -2.74. The summed E-state index contributed by atoms with van der Waals surface area (Å²) in [5, 5.41) is 2.91. The molecule has 0 fully saturated rings. The molecule has 0 aromatic heterocycles. The van der Waals surface area contributed by atoms with Crippen LogP contribution in [0.3, 0.4) is 0 Å². The normalized spacial score (nSPS) is 11.1. The molecule has 1 amide bonds. The average molecular weight is 448 g/mol. The Bertz CT molecular complexity index is 902. The van der Waals surface area contributed by atoms with Gasteiger partial charge in [0, 0.05) is 38.8 Å². The topological polar surface area (TPSA) is 79.0 Å². The number of sulfonamides is 1. The molecule has 170 valence electrons. The zero-order valence-corrected chi connectivity index (χ0v) is 19.4. The number of para-hydroxylation sites is 1. The second-order valence-corrected chi connectivity index (χ2v) is 9.23.